The van der Waals surface area contributed by atoms with Gasteiger partial charge in [0, 0.05) is 0 Å². The molecule has 1 fully saturated rings. The van der Waals surface area contributed by atoms with Crippen molar-refractivity contribution in [2.75, 3.05) is 6.61 Å². The van der Waals surface area contributed by atoms with E-state index in [1.54, 1.807) is 6.08 Å². The SMILES string of the molecule is CC1(C)OB(C(=Cc2ccc(/C=C/C=O)cc2)CO)OC1(C)C. The van der Waals surface area contributed by atoms with Gasteiger partial charge in [0.25, 0.3) is 0 Å². The highest BCUT2D eigenvalue weighted by Gasteiger charge is 2.52. The van der Waals surface area contributed by atoms with Crippen LogP contribution in [0.4, 0.5) is 0 Å². The summed E-state index contributed by atoms with van der Waals surface area (Å²) in [6.07, 6.45) is 5.81. The molecule has 0 aliphatic carbocycles. The lowest BCUT2D eigenvalue weighted by Gasteiger charge is -2.32. The molecule has 0 atom stereocenters. The third kappa shape index (κ3) is 3.99. The summed E-state index contributed by atoms with van der Waals surface area (Å²) >= 11 is 0. The maximum atomic E-state index is 10.3. The standard InChI is InChI=1S/C18H23BO4/c1-17(2)18(3,4)23-19(22-17)16(13-21)12-15-9-7-14(8-10-15)6-5-11-20/h5-12,21H,13H2,1-4H3/b6-5+,16-12?. The average Bonchev–Trinajstić information content (AvgIpc) is 2.72. The molecule has 0 radical (unpaired) electrons. The van der Waals surface area contributed by atoms with Gasteiger partial charge in [0.15, 0.2) is 0 Å². The molecule has 0 saturated carbocycles. The summed E-state index contributed by atoms with van der Waals surface area (Å²) in [7, 11) is -0.556. The highest BCUT2D eigenvalue weighted by molar-refractivity contribution is 6.55. The van der Waals surface area contributed by atoms with Crippen LogP contribution >= 0.6 is 0 Å². The molecule has 1 aliphatic heterocycles. The minimum atomic E-state index is -0.556. The summed E-state index contributed by atoms with van der Waals surface area (Å²) in [6.45, 7) is 7.79. The van der Waals surface area contributed by atoms with Crippen molar-refractivity contribution in [2.45, 2.75) is 38.9 Å². The van der Waals surface area contributed by atoms with Crippen LogP contribution in [0.25, 0.3) is 12.2 Å². The Labute approximate surface area is 138 Å². The molecule has 0 spiro atoms. The van der Waals surface area contributed by atoms with Crippen LogP contribution in [0.5, 0.6) is 0 Å². The number of carbonyl (C=O) groups is 1. The topological polar surface area (TPSA) is 55.8 Å². The largest absolute Gasteiger partial charge is 0.492 e. The monoisotopic (exact) mass is 314 g/mol. The molecule has 1 aromatic carbocycles. The Morgan fingerprint density at radius 2 is 1.61 bits per heavy atom. The first-order chi connectivity index (χ1) is 10.8. The lowest BCUT2D eigenvalue weighted by atomic mass is 9.77. The van der Waals surface area contributed by atoms with E-state index in [2.05, 4.69) is 0 Å². The zero-order valence-electron chi connectivity index (χ0n) is 14.1. The maximum Gasteiger partial charge on any atom is 0.492 e. The van der Waals surface area contributed by atoms with Crippen molar-refractivity contribution in [1.29, 1.82) is 0 Å². The molecule has 122 valence electrons. The molecule has 5 heteroatoms. The Bertz CT molecular complexity index is 598. The second-order valence-corrected chi connectivity index (χ2v) is 6.63. The van der Waals surface area contributed by atoms with Crippen molar-refractivity contribution in [3.8, 4) is 0 Å². The van der Waals surface area contributed by atoms with Gasteiger partial charge >= 0.3 is 7.12 Å². The van der Waals surface area contributed by atoms with Crippen LogP contribution in [0, 0.1) is 0 Å². The number of benzene rings is 1. The summed E-state index contributed by atoms with van der Waals surface area (Å²) in [6, 6.07) is 7.66. The predicted octanol–water partition coefficient (Wildman–Crippen LogP) is 2.91. The van der Waals surface area contributed by atoms with E-state index in [9.17, 15) is 9.90 Å². The highest BCUT2D eigenvalue weighted by atomic mass is 16.7. The maximum absolute atomic E-state index is 10.3. The molecule has 1 N–H and O–H groups in total. The number of allylic oxidation sites excluding steroid dienone is 1. The molecule has 0 bridgehead atoms. The van der Waals surface area contributed by atoms with Gasteiger partial charge in [-0.2, -0.15) is 0 Å². The second-order valence-electron chi connectivity index (χ2n) is 6.63. The summed E-state index contributed by atoms with van der Waals surface area (Å²) in [5.41, 5.74) is 1.69. The molecule has 0 unspecified atom stereocenters. The summed E-state index contributed by atoms with van der Waals surface area (Å²) in [5, 5.41) is 9.68. The van der Waals surface area contributed by atoms with Crippen molar-refractivity contribution >= 4 is 25.6 Å². The summed E-state index contributed by atoms with van der Waals surface area (Å²) in [4.78, 5) is 10.3. The number of hydrogen-bond acceptors (Lipinski definition) is 4. The van der Waals surface area contributed by atoms with Gasteiger partial charge in [0.05, 0.1) is 17.8 Å². The van der Waals surface area contributed by atoms with Gasteiger partial charge in [-0.1, -0.05) is 36.4 Å². The van der Waals surface area contributed by atoms with Gasteiger partial charge in [-0.3, -0.25) is 4.79 Å². The molecule has 0 amide bonds. The van der Waals surface area contributed by atoms with E-state index in [1.807, 2.05) is 58.0 Å². The van der Waals surface area contributed by atoms with Crippen molar-refractivity contribution in [3.05, 3.63) is 46.9 Å². The molecule has 1 saturated heterocycles. The molecule has 1 aliphatic rings. The third-order valence-electron chi connectivity index (χ3n) is 4.39. The fourth-order valence-corrected chi connectivity index (χ4v) is 2.25. The Morgan fingerprint density at radius 3 is 2.09 bits per heavy atom. The zero-order chi connectivity index (χ0) is 17.1. The zero-order valence-corrected chi connectivity index (χ0v) is 14.1. The number of carbonyl (C=O) groups excluding carboxylic acids is 1. The van der Waals surface area contributed by atoms with Crippen LogP contribution in [0.15, 0.2) is 35.8 Å². The Morgan fingerprint density at radius 1 is 1.09 bits per heavy atom. The molecule has 1 heterocycles. The lowest BCUT2D eigenvalue weighted by molar-refractivity contribution is -0.104. The van der Waals surface area contributed by atoms with Gasteiger partial charge in [-0.05, 0) is 50.4 Å². The molecule has 4 nitrogen and oxygen atoms in total. The summed E-state index contributed by atoms with van der Waals surface area (Å²) in [5.74, 6) is 0. The van der Waals surface area contributed by atoms with Crippen LogP contribution in [-0.2, 0) is 14.1 Å². The molecule has 2 rings (SSSR count). The Hall–Kier alpha value is -1.69. The van der Waals surface area contributed by atoms with E-state index in [4.69, 9.17) is 9.31 Å². The Balaban J connectivity index is 2.19. The second kappa shape index (κ2) is 6.83. The fourth-order valence-electron chi connectivity index (χ4n) is 2.25. The van der Waals surface area contributed by atoms with Crippen molar-refractivity contribution in [1.82, 2.24) is 0 Å². The van der Waals surface area contributed by atoms with E-state index in [1.165, 1.54) is 6.08 Å². The molecular weight excluding hydrogens is 291 g/mol. The normalized spacial score (nSPS) is 20.2. The van der Waals surface area contributed by atoms with Crippen LogP contribution in [0.2, 0.25) is 0 Å². The fraction of sp³-hybridized carbons (Fsp3) is 0.389. The first kappa shape index (κ1) is 17.7. The predicted molar refractivity (Wildman–Crippen MR) is 92.7 cm³/mol. The van der Waals surface area contributed by atoms with Gasteiger partial charge in [0.2, 0.25) is 0 Å². The number of rotatable bonds is 5. The Kier molecular flexibility index (Phi) is 5.24. The number of aliphatic hydroxyl groups is 1. The van der Waals surface area contributed by atoms with E-state index >= 15 is 0 Å². The van der Waals surface area contributed by atoms with Gasteiger partial charge < -0.3 is 14.4 Å². The van der Waals surface area contributed by atoms with E-state index in [0.29, 0.717) is 5.47 Å². The van der Waals surface area contributed by atoms with Gasteiger partial charge in [-0.25, -0.2) is 0 Å². The van der Waals surface area contributed by atoms with Crippen molar-refractivity contribution in [2.24, 2.45) is 0 Å². The van der Waals surface area contributed by atoms with Crippen molar-refractivity contribution < 1.29 is 19.2 Å². The van der Waals surface area contributed by atoms with Crippen LogP contribution in [0.1, 0.15) is 38.8 Å². The minimum Gasteiger partial charge on any atom is -0.400 e. The molecule has 0 aromatic heterocycles. The number of aldehydes is 1. The van der Waals surface area contributed by atoms with E-state index in [0.717, 1.165) is 17.4 Å². The molecule has 1 aromatic rings. The highest BCUT2D eigenvalue weighted by Crippen LogP contribution is 2.38. The van der Waals surface area contributed by atoms with Crippen LogP contribution in [0.3, 0.4) is 0 Å². The number of aliphatic hydroxyl groups excluding tert-OH is 1. The third-order valence-corrected chi connectivity index (χ3v) is 4.39. The van der Waals surface area contributed by atoms with E-state index in [-0.39, 0.29) is 6.61 Å². The smallest absolute Gasteiger partial charge is 0.400 e. The molecular formula is C18H23BO4. The first-order valence-corrected chi connectivity index (χ1v) is 7.68. The van der Waals surface area contributed by atoms with Gasteiger partial charge in [0.1, 0.15) is 6.29 Å². The average molecular weight is 314 g/mol. The van der Waals surface area contributed by atoms with Crippen LogP contribution in [-0.4, -0.2) is 36.3 Å². The lowest BCUT2D eigenvalue weighted by Crippen LogP contribution is -2.41. The van der Waals surface area contributed by atoms with Crippen molar-refractivity contribution in [3.63, 3.8) is 0 Å². The quantitative estimate of drug-likeness (QED) is 0.516. The minimum absolute atomic E-state index is 0.135. The van der Waals surface area contributed by atoms with Gasteiger partial charge in [-0.15, -0.1) is 0 Å². The molecule has 23 heavy (non-hydrogen) atoms. The summed E-state index contributed by atoms with van der Waals surface area (Å²) < 4.78 is 11.9. The first-order valence-electron chi connectivity index (χ1n) is 7.68. The van der Waals surface area contributed by atoms with E-state index < -0.39 is 18.3 Å². The van der Waals surface area contributed by atoms with Crippen LogP contribution < -0.4 is 0 Å². The number of hydrogen-bond donors (Lipinski definition) is 1.